The Hall–Kier alpha value is -0.720. The molecule has 0 aliphatic heterocycles. The smallest absolute Gasteiger partial charge is 0.186 e. The highest BCUT2D eigenvalue weighted by Gasteiger charge is 2.34. The molecule has 6 heteroatoms. The van der Waals surface area contributed by atoms with Gasteiger partial charge in [-0.15, -0.1) is 11.3 Å². The topological polar surface area (TPSA) is 33.2 Å². The number of ketones is 1. The van der Waals surface area contributed by atoms with Crippen molar-refractivity contribution >= 4 is 49.5 Å². The van der Waals surface area contributed by atoms with E-state index in [9.17, 15) is 4.79 Å². The van der Waals surface area contributed by atoms with Gasteiger partial charge >= 0.3 is 0 Å². The summed E-state index contributed by atoms with van der Waals surface area (Å²) in [5.41, 5.74) is 1.02. The van der Waals surface area contributed by atoms with E-state index in [4.69, 9.17) is 4.98 Å². The molecule has 0 spiro atoms. The zero-order valence-corrected chi connectivity index (χ0v) is 15.5. The number of fused-ring (bicyclic) bond motifs is 1. The third kappa shape index (κ3) is 3.22. The second kappa shape index (κ2) is 5.48. The highest BCUT2D eigenvalue weighted by Crippen LogP contribution is 2.39. The molecule has 1 aliphatic rings. The summed E-state index contributed by atoms with van der Waals surface area (Å²) < 4.78 is 1.12. The van der Waals surface area contributed by atoms with E-state index in [0.29, 0.717) is 6.42 Å². The molecule has 2 heterocycles. The SMILES string of the molecule is CN(Cc1cc(Br)cs1)c1nc2c(s1)C(=O)CC(C)(C)C2. The lowest BCUT2D eigenvalue weighted by Crippen LogP contribution is -2.26. The quantitative estimate of drug-likeness (QED) is 0.764. The van der Waals surface area contributed by atoms with E-state index in [-0.39, 0.29) is 11.2 Å². The Morgan fingerprint density at radius 1 is 1.43 bits per heavy atom. The minimum Gasteiger partial charge on any atom is -0.346 e. The lowest BCUT2D eigenvalue weighted by atomic mass is 9.78. The molecule has 2 aromatic heterocycles. The highest BCUT2D eigenvalue weighted by molar-refractivity contribution is 9.10. The summed E-state index contributed by atoms with van der Waals surface area (Å²) in [4.78, 5) is 21.2. The maximum Gasteiger partial charge on any atom is 0.186 e. The van der Waals surface area contributed by atoms with Crippen molar-refractivity contribution < 1.29 is 4.79 Å². The van der Waals surface area contributed by atoms with Crippen LogP contribution in [0.25, 0.3) is 0 Å². The summed E-state index contributed by atoms with van der Waals surface area (Å²) in [6.45, 7) is 5.10. The van der Waals surface area contributed by atoms with Gasteiger partial charge in [0.2, 0.25) is 0 Å². The number of halogens is 1. The van der Waals surface area contributed by atoms with Gasteiger partial charge in [-0.05, 0) is 33.8 Å². The van der Waals surface area contributed by atoms with Crippen LogP contribution in [0.5, 0.6) is 0 Å². The van der Waals surface area contributed by atoms with Crippen molar-refractivity contribution in [3.05, 3.63) is 31.4 Å². The number of Topliss-reactive ketones (excluding diaryl/α,β-unsaturated/α-hetero) is 1. The summed E-state index contributed by atoms with van der Waals surface area (Å²) in [6, 6.07) is 2.13. The molecule has 2 aromatic rings. The molecule has 0 aromatic carbocycles. The second-order valence-corrected chi connectivity index (χ2v) is 9.19. The van der Waals surface area contributed by atoms with Gasteiger partial charge in [0, 0.05) is 28.2 Å². The van der Waals surface area contributed by atoms with Gasteiger partial charge < -0.3 is 4.90 Å². The number of hydrogen-bond donors (Lipinski definition) is 0. The molecule has 0 amide bonds. The Morgan fingerprint density at radius 2 is 2.19 bits per heavy atom. The summed E-state index contributed by atoms with van der Waals surface area (Å²) in [5, 5.41) is 3.03. The molecule has 21 heavy (non-hydrogen) atoms. The number of nitrogens with zero attached hydrogens (tertiary/aromatic N) is 2. The maximum atomic E-state index is 12.2. The molecule has 0 saturated heterocycles. The average Bonchev–Trinajstić information content (AvgIpc) is 2.94. The third-order valence-electron chi connectivity index (χ3n) is 3.57. The van der Waals surface area contributed by atoms with Crippen molar-refractivity contribution in [3.8, 4) is 0 Å². The Labute approximate surface area is 141 Å². The van der Waals surface area contributed by atoms with Gasteiger partial charge in [-0.1, -0.05) is 25.2 Å². The van der Waals surface area contributed by atoms with Crippen LogP contribution < -0.4 is 4.90 Å². The first-order chi connectivity index (χ1) is 9.84. The Bertz CT molecular complexity index is 690. The van der Waals surface area contributed by atoms with E-state index in [1.54, 1.807) is 11.3 Å². The number of hydrogen-bond acceptors (Lipinski definition) is 5. The first-order valence-corrected chi connectivity index (χ1v) is 9.30. The first kappa shape index (κ1) is 15.2. The number of thiazole rings is 1. The van der Waals surface area contributed by atoms with Crippen molar-refractivity contribution in [2.75, 3.05) is 11.9 Å². The van der Waals surface area contributed by atoms with E-state index in [0.717, 1.165) is 33.1 Å². The lowest BCUT2D eigenvalue weighted by Gasteiger charge is -2.26. The van der Waals surface area contributed by atoms with Crippen molar-refractivity contribution in [1.29, 1.82) is 0 Å². The summed E-state index contributed by atoms with van der Waals surface area (Å²) in [5.74, 6) is 0.247. The van der Waals surface area contributed by atoms with Crippen LogP contribution in [-0.2, 0) is 13.0 Å². The predicted molar refractivity (Wildman–Crippen MR) is 92.7 cm³/mol. The zero-order valence-electron chi connectivity index (χ0n) is 12.3. The average molecular weight is 385 g/mol. The Balaban J connectivity index is 1.82. The molecule has 1 aliphatic carbocycles. The summed E-state index contributed by atoms with van der Waals surface area (Å²) in [7, 11) is 2.04. The van der Waals surface area contributed by atoms with E-state index in [2.05, 4.69) is 46.1 Å². The van der Waals surface area contributed by atoms with Gasteiger partial charge in [0.25, 0.3) is 0 Å². The number of thiophene rings is 1. The van der Waals surface area contributed by atoms with Crippen LogP contribution in [0.3, 0.4) is 0 Å². The second-order valence-electron chi connectivity index (χ2n) is 6.30. The van der Waals surface area contributed by atoms with Crippen molar-refractivity contribution in [1.82, 2.24) is 4.98 Å². The molecule has 3 rings (SSSR count). The summed E-state index contributed by atoms with van der Waals surface area (Å²) in [6.07, 6.45) is 1.52. The molecule has 0 N–H and O–H groups in total. The molecule has 0 saturated carbocycles. The Morgan fingerprint density at radius 3 is 2.86 bits per heavy atom. The molecule has 0 fully saturated rings. The van der Waals surface area contributed by atoms with Crippen LogP contribution in [0.15, 0.2) is 15.9 Å². The fourth-order valence-electron chi connectivity index (χ4n) is 2.61. The molecule has 0 atom stereocenters. The molecular weight excluding hydrogens is 368 g/mol. The number of carbonyl (C=O) groups excluding carboxylic acids is 1. The van der Waals surface area contributed by atoms with Gasteiger partial charge in [-0.3, -0.25) is 4.79 Å². The van der Waals surface area contributed by atoms with Gasteiger partial charge in [0.15, 0.2) is 10.9 Å². The Kier molecular flexibility index (Phi) is 3.96. The van der Waals surface area contributed by atoms with Crippen molar-refractivity contribution in [2.24, 2.45) is 5.41 Å². The van der Waals surface area contributed by atoms with Crippen molar-refractivity contribution in [3.63, 3.8) is 0 Å². The van der Waals surface area contributed by atoms with Crippen LogP contribution in [0.1, 0.15) is 40.5 Å². The van der Waals surface area contributed by atoms with Crippen LogP contribution in [0, 0.1) is 5.41 Å². The van der Waals surface area contributed by atoms with Crippen LogP contribution in [0.4, 0.5) is 5.13 Å². The maximum absolute atomic E-state index is 12.2. The van der Waals surface area contributed by atoms with Crippen LogP contribution in [0.2, 0.25) is 0 Å². The normalized spacial score (nSPS) is 16.9. The predicted octanol–water partition coefficient (Wildman–Crippen LogP) is 4.76. The van der Waals surface area contributed by atoms with Gasteiger partial charge in [0.1, 0.15) is 0 Å². The van der Waals surface area contributed by atoms with E-state index < -0.39 is 0 Å². The fourth-order valence-corrected chi connectivity index (χ4v) is 5.09. The van der Waals surface area contributed by atoms with Crippen LogP contribution >= 0.6 is 38.6 Å². The monoisotopic (exact) mass is 384 g/mol. The minimum atomic E-state index is 0.0343. The van der Waals surface area contributed by atoms with Gasteiger partial charge in [-0.25, -0.2) is 4.98 Å². The largest absolute Gasteiger partial charge is 0.346 e. The summed E-state index contributed by atoms with van der Waals surface area (Å²) >= 11 is 6.74. The lowest BCUT2D eigenvalue weighted by molar-refractivity contribution is 0.0916. The standard InChI is InChI=1S/C15H17BrN2OS2/c1-15(2)5-11-13(12(19)6-15)21-14(17-11)18(3)7-10-4-9(16)8-20-10/h4,8H,5-7H2,1-3H3. The number of aromatic nitrogens is 1. The van der Waals surface area contributed by atoms with Gasteiger partial charge in [-0.2, -0.15) is 0 Å². The highest BCUT2D eigenvalue weighted by atomic mass is 79.9. The van der Waals surface area contributed by atoms with E-state index in [1.807, 2.05) is 7.05 Å². The molecule has 0 radical (unpaired) electrons. The van der Waals surface area contributed by atoms with E-state index in [1.165, 1.54) is 16.2 Å². The molecular formula is C15H17BrN2OS2. The number of anilines is 1. The molecule has 112 valence electrons. The molecule has 0 unspecified atom stereocenters. The molecule has 0 bridgehead atoms. The first-order valence-electron chi connectivity index (χ1n) is 6.81. The fraction of sp³-hybridized carbons (Fsp3) is 0.467. The zero-order chi connectivity index (χ0) is 15.2. The van der Waals surface area contributed by atoms with Crippen LogP contribution in [-0.4, -0.2) is 17.8 Å². The molecule has 3 nitrogen and oxygen atoms in total. The van der Waals surface area contributed by atoms with Gasteiger partial charge in [0.05, 0.1) is 17.1 Å². The van der Waals surface area contributed by atoms with Crippen molar-refractivity contribution in [2.45, 2.75) is 33.2 Å². The third-order valence-corrected chi connectivity index (χ3v) is 6.50. The minimum absolute atomic E-state index is 0.0343. The number of rotatable bonds is 3. The number of carbonyl (C=O) groups is 1. The van der Waals surface area contributed by atoms with E-state index >= 15 is 0 Å².